The van der Waals surface area contributed by atoms with Gasteiger partial charge < -0.3 is 4.74 Å². The first kappa shape index (κ1) is 10.2. The molecule has 0 spiro atoms. The van der Waals surface area contributed by atoms with Gasteiger partial charge in [0.1, 0.15) is 0 Å². The van der Waals surface area contributed by atoms with E-state index in [1.807, 2.05) is 18.0 Å². The molecule has 2 nitrogen and oxygen atoms in total. The van der Waals surface area contributed by atoms with Crippen LogP contribution < -0.4 is 0 Å². The Morgan fingerprint density at radius 3 is 3.06 bits per heavy atom. The first-order valence-electron chi connectivity index (χ1n) is 5.76. The van der Waals surface area contributed by atoms with Crippen LogP contribution in [0.4, 0.5) is 0 Å². The van der Waals surface area contributed by atoms with Crippen molar-refractivity contribution in [2.75, 3.05) is 13.2 Å². The maximum Gasteiger partial charge on any atom is 0.0948 e. The minimum absolute atomic E-state index is 0.520. The van der Waals surface area contributed by atoms with Crippen molar-refractivity contribution in [1.82, 2.24) is 0 Å². The molecule has 84 valence electrons. The van der Waals surface area contributed by atoms with Crippen molar-refractivity contribution in [2.24, 2.45) is 16.8 Å². The van der Waals surface area contributed by atoms with Crippen LogP contribution in [0.2, 0.25) is 0 Å². The SMILES string of the molecule is C1=CCC(C2=NCC(C3C=COC3)S2)C=C1. The third-order valence-electron chi connectivity index (χ3n) is 3.19. The molecule has 0 radical (unpaired) electrons. The molecule has 1 aliphatic carbocycles. The van der Waals surface area contributed by atoms with Crippen LogP contribution >= 0.6 is 11.8 Å². The molecule has 3 rings (SSSR count). The van der Waals surface area contributed by atoms with Crippen molar-refractivity contribution < 1.29 is 4.74 Å². The normalized spacial score (nSPS) is 36.5. The summed E-state index contributed by atoms with van der Waals surface area (Å²) in [5, 5.41) is 1.90. The number of rotatable bonds is 2. The van der Waals surface area contributed by atoms with E-state index in [0.717, 1.165) is 19.6 Å². The summed E-state index contributed by atoms with van der Waals surface area (Å²) in [7, 11) is 0. The van der Waals surface area contributed by atoms with Crippen LogP contribution in [0, 0.1) is 11.8 Å². The standard InChI is InChI=1S/C13H15NOS/c1-2-4-10(5-3-1)13-14-8-12(16-13)11-6-7-15-9-11/h1-4,6-7,10-12H,5,8-9H2. The Labute approximate surface area is 100 Å². The topological polar surface area (TPSA) is 21.6 Å². The van der Waals surface area contributed by atoms with E-state index in [4.69, 9.17) is 9.73 Å². The second-order valence-electron chi connectivity index (χ2n) is 4.32. The summed E-state index contributed by atoms with van der Waals surface area (Å²) in [5.41, 5.74) is 0. The summed E-state index contributed by atoms with van der Waals surface area (Å²) in [5.74, 6) is 1.07. The summed E-state index contributed by atoms with van der Waals surface area (Å²) < 4.78 is 5.28. The molecule has 0 amide bonds. The third-order valence-corrected chi connectivity index (χ3v) is 4.66. The molecular weight excluding hydrogens is 218 g/mol. The molecule has 0 aromatic carbocycles. The molecule has 16 heavy (non-hydrogen) atoms. The number of aliphatic imine (C=N–C) groups is 1. The van der Waals surface area contributed by atoms with Crippen molar-refractivity contribution >= 4 is 16.8 Å². The highest BCUT2D eigenvalue weighted by molar-refractivity contribution is 8.14. The highest BCUT2D eigenvalue weighted by Gasteiger charge is 2.30. The molecule has 3 unspecified atom stereocenters. The number of hydrogen-bond donors (Lipinski definition) is 0. The first-order chi connectivity index (χ1) is 7.93. The molecule has 0 saturated heterocycles. The lowest BCUT2D eigenvalue weighted by atomic mass is 10.0. The Hall–Kier alpha value is -0.960. The molecule has 0 bridgehead atoms. The Morgan fingerprint density at radius 1 is 1.31 bits per heavy atom. The lowest BCUT2D eigenvalue weighted by molar-refractivity contribution is 0.248. The molecule has 0 aromatic heterocycles. The predicted molar refractivity (Wildman–Crippen MR) is 68.7 cm³/mol. The van der Waals surface area contributed by atoms with Gasteiger partial charge in [-0.05, 0) is 12.5 Å². The van der Waals surface area contributed by atoms with Gasteiger partial charge in [-0.3, -0.25) is 4.99 Å². The van der Waals surface area contributed by atoms with Crippen molar-refractivity contribution in [3.05, 3.63) is 36.6 Å². The molecule has 0 aromatic rings. The average Bonchev–Trinajstić information content (AvgIpc) is 3.01. The zero-order valence-electron chi connectivity index (χ0n) is 9.08. The Bertz CT molecular complexity index is 383. The van der Waals surface area contributed by atoms with Gasteiger partial charge in [0.05, 0.1) is 24.5 Å². The second kappa shape index (κ2) is 4.50. The van der Waals surface area contributed by atoms with Crippen molar-refractivity contribution in [2.45, 2.75) is 11.7 Å². The van der Waals surface area contributed by atoms with Gasteiger partial charge in [-0.2, -0.15) is 0 Å². The Kier molecular flexibility index (Phi) is 2.87. The van der Waals surface area contributed by atoms with Gasteiger partial charge in [0, 0.05) is 17.1 Å². The van der Waals surface area contributed by atoms with Crippen LogP contribution in [0.5, 0.6) is 0 Å². The van der Waals surface area contributed by atoms with E-state index in [2.05, 4.69) is 30.4 Å². The van der Waals surface area contributed by atoms with Crippen LogP contribution in [0.3, 0.4) is 0 Å². The largest absolute Gasteiger partial charge is 0.501 e. The van der Waals surface area contributed by atoms with Gasteiger partial charge >= 0.3 is 0 Å². The highest BCUT2D eigenvalue weighted by atomic mass is 32.2. The van der Waals surface area contributed by atoms with Crippen LogP contribution in [0.15, 0.2) is 41.6 Å². The molecule has 3 atom stereocenters. The van der Waals surface area contributed by atoms with Gasteiger partial charge in [-0.15, -0.1) is 11.8 Å². The average molecular weight is 233 g/mol. The Morgan fingerprint density at radius 2 is 2.31 bits per heavy atom. The second-order valence-corrected chi connectivity index (χ2v) is 5.58. The summed E-state index contributed by atoms with van der Waals surface area (Å²) in [4.78, 5) is 4.69. The van der Waals surface area contributed by atoms with Gasteiger partial charge in [-0.1, -0.05) is 24.3 Å². The van der Waals surface area contributed by atoms with E-state index in [0.29, 0.717) is 17.1 Å². The summed E-state index contributed by atoms with van der Waals surface area (Å²) in [6, 6.07) is 0. The summed E-state index contributed by atoms with van der Waals surface area (Å²) >= 11 is 1.95. The van der Waals surface area contributed by atoms with Crippen LogP contribution in [-0.4, -0.2) is 23.4 Å². The van der Waals surface area contributed by atoms with Gasteiger partial charge in [0.15, 0.2) is 0 Å². The van der Waals surface area contributed by atoms with E-state index in [1.165, 1.54) is 5.04 Å². The van der Waals surface area contributed by atoms with Gasteiger partial charge in [0.25, 0.3) is 0 Å². The smallest absolute Gasteiger partial charge is 0.0948 e. The van der Waals surface area contributed by atoms with Crippen molar-refractivity contribution in [3.63, 3.8) is 0 Å². The van der Waals surface area contributed by atoms with E-state index >= 15 is 0 Å². The molecule has 3 heteroatoms. The molecule has 0 saturated carbocycles. The molecular formula is C13H15NOS. The maximum absolute atomic E-state index is 5.28. The molecule has 3 aliphatic rings. The van der Waals surface area contributed by atoms with Gasteiger partial charge in [0.2, 0.25) is 0 Å². The minimum Gasteiger partial charge on any atom is -0.501 e. The van der Waals surface area contributed by atoms with Crippen LogP contribution in [0.25, 0.3) is 0 Å². The van der Waals surface area contributed by atoms with Crippen LogP contribution in [-0.2, 0) is 4.74 Å². The number of ether oxygens (including phenoxy) is 1. The van der Waals surface area contributed by atoms with Crippen molar-refractivity contribution in [3.8, 4) is 0 Å². The fraction of sp³-hybridized carbons (Fsp3) is 0.462. The zero-order chi connectivity index (χ0) is 10.8. The number of nitrogens with zero attached hydrogens (tertiary/aromatic N) is 1. The monoisotopic (exact) mass is 233 g/mol. The molecule has 0 fully saturated rings. The molecule has 0 N–H and O–H groups in total. The van der Waals surface area contributed by atoms with E-state index in [-0.39, 0.29) is 0 Å². The quantitative estimate of drug-likeness (QED) is 0.731. The van der Waals surface area contributed by atoms with E-state index in [9.17, 15) is 0 Å². The number of thioether (sulfide) groups is 1. The number of allylic oxidation sites excluding steroid dienone is 4. The third kappa shape index (κ3) is 1.96. The van der Waals surface area contributed by atoms with Gasteiger partial charge in [-0.25, -0.2) is 0 Å². The maximum atomic E-state index is 5.28. The summed E-state index contributed by atoms with van der Waals surface area (Å²) in [6.07, 6.45) is 13.8. The van der Waals surface area contributed by atoms with Crippen molar-refractivity contribution in [1.29, 1.82) is 0 Å². The lowest BCUT2D eigenvalue weighted by Crippen LogP contribution is -2.18. The van der Waals surface area contributed by atoms with E-state index in [1.54, 1.807) is 0 Å². The molecule has 2 heterocycles. The summed E-state index contributed by atoms with van der Waals surface area (Å²) in [6.45, 7) is 1.79. The zero-order valence-corrected chi connectivity index (χ0v) is 9.90. The number of hydrogen-bond acceptors (Lipinski definition) is 3. The first-order valence-corrected chi connectivity index (χ1v) is 6.64. The highest BCUT2D eigenvalue weighted by Crippen LogP contribution is 2.35. The lowest BCUT2D eigenvalue weighted by Gasteiger charge is -2.16. The van der Waals surface area contributed by atoms with E-state index < -0.39 is 0 Å². The Balaban J connectivity index is 1.61. The molecule has 2 aliphatic heterocycles. The predicted octanol–water partition coefficient (Wildman–Crippen LogP) is 2.79. The van der Waals surface area contributed by atoms with Crippen LogP contribution in [0.1, 0.15) is 6.42 Å². The fourth-order valence-corrected chi connectivity index (χ4v) is 3.51. The fourth-order valence-electron chi connectivity index (χ4n) is 2.21. The minimum atomic E-state index is 0.520.